The number of nitrogens with zero attached hydrogens (tertiary/aromatic N) is 6. The van der Waals surface area contributed by atoms with Crippen LogP contribution in [0.3, 0.4) is 0 Å². The first-order chi connectivity index (χ1) is 19.0. The second kappa shape index (κ2) is 9.81. The van der Waals surface area contributed by atoms with Crippen molar-refractivity contribution < 1.29 is 13.5 Å². The number of benzene rings is 2. The van der Waals surface area contributed by atoms with E-state index >= 15 is 0 Å². The number of rotatable bonds is 6. The van der Waals surface area contributed by atoms with Crippen LogP contribution >= 0.6 is 0 Å². The van der Waals surface area contributed by atoms with E-state index in [1.54, 1.807) is 56.6 Å². The maximum atomic E-state index is 13.6. The Morgan fingerprint density at radius 1 is 0.925 bits per heavy atom. The molecule has 3 aromatic heterocycles. The molecule has 0 spiro atoms. The smallest absolute Gasteiger partial charge is 0.269 e. The van der Waals surface area contributed by atoms with Gasteiger partial charge >= 0.3 is 0 Å². The largest absolute Gasteiger partial charge is 0.386 e. The first-order valence-corrected chi connectivity index (χ1v) is 14.9. The monoisotopic (exact) mass is 558 g/mol. The summed E-state index contributed by atoms with van der Waals surface area (Å²) in [6.07, 6.45) is 3.28. The summed E-state index contributed by atoms with van der Waals surface area (Å²) in [5.74, 6) is 0.832. The van der Waals surface area contributed by atoms with E-state index in [1.165, 1.54) is 3.97 Å². The lowest BCUT2D eigenvalue weighted by molar-refractivity contribution is 0.0786. The number of imidazole rings is 1. The number of aliphatic hydroxyl groups is 1. The van der Waals surface area contributed by atoms with Crippen LogP contribution in [-0.4, -0.2) is 74.9 Å². The molecule has 0 radical (unpaired) electrons. The Kier molecular flexibility index (Phi) is 6.53. The van der Waals surface area contributed by atoms with Gasteiger partial charge in [-0.2, -0.15) is 0 Å². The van der Waals surface area contributed by atoms with Crippen LogP contribution in [0.1, 0.15) is 30.8 Å². The van der Waals surface area contributed by atoms with Crippen molar-refractivity contribution in [1.82, 2.24) is 28.1 Å². The van der Waals surface area contributed by atoms with Crippen LogP contribution in [0.25, 0.3) is 27.9 Å². The molecule has 0 atom stereocenters. The lowest BCUT2D eigenvalue weighted by Crippen LogP contribution is -2.44. The summed E-state index contributed by atoms with van der Waals surface area (Å²) in [5.41, 5.74) is 4.39. The van der Waals surface area contributed by atoms with E-state index in [1.807, 2.05) is 35.6 Å². The maximum Gasteiger partial charge on any atom is 0.269 e. The molecule has 9 nitrogen and oxygen atoms in total. The Morgan fingerprint density at radius 3 is 2.25 bits per heavy atom. The Labute approximate surface area is 234 Å². The van der Waals surface area contributed by atoms with E-state index in [0.717, 1.165) is 59.9 Å². The van der Waals surface area contributed by atoms with Crippen LogP contribution < -0.4 is 0 Å². The van der Waals surface area contributed by atoms with Gasteiger partial charge in [0.25, 0.3) is 10.0 Å². The molecule has 2 aromatic carbocycles. The molecule has 0 saturated carbocycles. The van der Waals surface area contributed by atoms with Crippen molar-refractivity contribution in [2.45, 2.75) is 37.8 Å². The zero-order chi connectivity index (χ0) is 28.2. The molecule has 6 rings (SSSR count). The minimum absolute atomic E-state index is 0.216. The zero-order valence-electron chi connectivity index (χ0n) is 23.2. The highest BCUT2D eigenvalue weighted by Gasteiger charge is 2.25. The number of hydrogen-bond donors (Lipinski definition) is 1. The SMILES string of the molecule is Cc1ccc(S(=O)(=O)n2ccc3c2ncc2c(-c4ccc(C(C)(C)O)cc4)nc(CN4CCN(C)CC4)n23)cc1. The molecule has 0 aliphatic carbocycles. The molecule has 1 saturated heterocycles. The summed E-state index contributed by atoms with van der Waals surface area (Å²) in [7, 11) is -1.71. The van der Waals surface area contributed by atoms with E-state index in [4.69, 9.17) is 4.98 Å². The van der Waals surface area contributed by atoms with Crippen LogP contribution in [0.4, 0.5) is 0 Å². The molecule has 10 heteroatoms. The Bertz CT molecular complexity index is 1790. The predicted molar refractivity (Wildman–Crippen MR) is 156 cm³/mol. The molecular formula is C30H34N6O3S. The molecule has 1 fully saturated rings. The van der Waals surface area contributed by atoms with E-state index in [-0.39, 0.29) is 4.90 Å². The molecule has 0 unspecified atom stereocenters. The fourth-order valence-corrected chi connectivity index (χ4v) is 6.56. The van der Waals surface area contributed by atoms with Gasteiger partial charge in [-0.25, -0.2) is 22.4 Å². The Morgan fingerprint density at radius 2 is 1.60 bits per heavy atom. The summed E-state index contributed by atoms with van der Waals surface area (Å²) in [5, 5.41) is 10.4. The third-order valence-electron chi connectivity index (χ3n) is 7.74. The third-order valence-corrected chi connectivity index (χ3v) is 9.42. The van der Waals surface area contributed by atoms with Crippen molar-refractivity contribution in [3.63, 3.8) is 0 Å². The van der Waals surface area contributed by atoms with Crippen molar-refractivity contribution >= 4 is 26.7 Å². The number of aryl methyl sites for hydroxylation is 1. The molecule has 0 bridgehead atoms. The van der Waals surface area contributed by atoms with E-state index in [2.05, 4.69) is 21.8 Å². The third kappa shape index (κ3) is 4.71. The molecule has 0 amide bonds. The molecule has 208 valence electrons. The zero-order valence-corrected chi connectivity index (χ0v) is 24.1. The highest BCUT2D eigenvalue weighted by Crippen LogP contribution is 2.31. The van der Waals surface area contributed by atoms with Crippen molar-refractivity contribution in [2.75, 3.05) is 33.2 Å². The highest BCUT2D eigenvalue weighted by atomic mass is 32.2. The second-order valence-corrected chi connectivity index (χ2v) is 13.0. The highest BCUT2D eigenvalue weighted by molar-refractivity contribution is 7.90. The summed E-state index contributed by atoms with van der Waals surface area (Å²) in [6.45, 7) is 9.90. The van der Waals surface area contributed by atoms with Gasteiger partial charge in [0, 0.05) is 37.9 Å². The molecular weight excluding hydrogens is 524 g/mol. The molecule has 1 aliphatic rings. The van der Waals surface area contributed by atoms with Crippen LogP contribution in [0.2, 0.25) is 0 Å². The number of aromatic nitrogens is 4. The van der Waals surface area contributed by atoms with Gasteiger partial charge in [0.15, 0.2) is 5.65 Å². The van der Waals surface area contributed by atoms with E-state index in [0.29, 0.717) is 17.7 Å². The quantitative estimate of drug-likeness (QED) is 0.338. The fourth-order valence-electron chi connectivity index (χ4n) is 5.26. The standard InChI is InChI=1S/C30H34N6O3S/c1-21-5-11-24(12-6-21)40(38,39)35-14-13-25-29(35)31-19-26-28(22-7-9-23(10-8-22)30(2,3)37)32-27(36(25)26)20-34-17-15-33(4)16-18-34/h5-14,19,37H,15-18,20H2,1-4H3. The fraction of sp³-hybridized carbons (Fsp3) is 0.333. The Balaban J connectivity index is 1.51. The van der Waals surface area contributed by atoms with Crippen LogP contribution in [-0.2, 0) is 22.2 Å². The lowest BCUT2D eigenvalue weighted by atomic mass is 9.97. The number of hydrogen-bond acceptors (Lipinski definition) is 7. The van der Waals surface area contributed by atoms with E-state index < -0.39 is 15.6 Å². The topological polar surface area (TPSA) is 96.0 Å². The first-order valence-electron chi connectivity index (χ1n) is 13.5. The van der Waals surface area contributed by atoms with Crippen molar-refractivity contribution in [2.24, 2.45) is 0 Å². The summed E-state index contributed by atoms with van der Waals surface area (Å²) < 4.78 is 30.5. The van der Waals surface area contributed by atoms with Gasteiger partial charge in [-0.1, -0.05) is 42.0 Å². The molecule has 4 heterocycles. The van der Waals surface area contributed by atoms with Gasteiger partial charge in [0.2, 0.25) is 0 Å². The summed E-state index contributed by atoms with van der Waals surface area (Å²) in [4.78, 5) is 14.7. The lowest BCUT2D eigenvalue weighted by Gasteiger charge is -2.31. The molecule has 1 aliphatic heterocycles. The first kappa shape index (κ1) is 26.6. The van der Waals surface area contributed by atoms with Gasteiger partial charge in [0.05, 0.1) is 40.0 Å². The van der Waals surface area contributed by atoms with Gasteiger partial charge in [-0.3, -0.25) is 9.30 Å². The number of piperazine rings is 1. The molecule has 40 heavy (non-hydrogen) atoms. The minimum Gasteiger partial charge on any atom is -0.386 e. The predicted octanol–water partition coefficient (Wildman–Crippen LogP) is 3.87. The summed E-state index contributed by atoms with van der Waals surface area (Å²) in [6, 6.07) is 16.4. The van der Waals surface area contributed by atoms with Gasteiger partial charge < -0.3 is 10.0 Å². The second-order valence-electron chi connectivity index (χ2n) is 11.2. The maximum absolute atomic E-state index is 13.6. The normalized spacial score (nSPS) is 15.8. The average Bonchev–Trinajstić information content (AvgIpc) is 3.52. The van der Waals surface area contributed by atoms with Crippen LogP contribution in [0.15, 0.2) is 71.9 Å². The van der Waals surface area contributed by atoms with Gasteiger partial charge in [-0.15, -0.1) is 0 Å². The number of fused-ring (bicyclic) bond motifs is 3. The average molecular weight is 559 g/mol. The van der Waals surface area contributed by atoms with Gasteiger partial charge in [0.1, 0.15) is 5.82 Å². The summed E-state index contributed by atoms with van der Waals surface area (Å²) >= 11 is 0. The van der Waals surface area contributed by atoms with Gasteiger partial charge in [-0.05, 0) is 51.6 Å². The number of likely N-dealkylation sites (N-methyl/N-ethyl adjacent to an activating group) is 1. The minimum atomic E-state index is -3.84. The molecule has 1 N–H and O–H groups in total. The molecule has 5 aromatic rings. The van der Waals surface area contributed by atoms with E-state index in [9.17, 15) is 13.5 Å². The van der Waals surface area contributed by atoms with Crippen LogP contribution in [0.5, 0.6) is 0 Å². The van der Waals surface area contributed by atoms with Crippen molar-refractivity contribution in [3.8, 4) is 11.3 Å². The van der Waals surface area contributed by atoms with Crippen molar-refractivity contribution in [3.05, 3.63) is 83.9 Å². The van der Waals surface area contributed by atoms with Crippen molar-refractivity contribution in [1.29, 1.82) is 0 Å². The Hall–Kier alpha value is -3.57. The van der Waals surface area contributed by atoms with Crippen LogP contribution in [0, 0.1) is 6.92 Å².